The topological polar surface area (TPSA) is 55.8 Å². The first-order chi connectivity index (χ1) is 16.3. The van der Waals surface area contributed by atoms with Crippen LogP contribution >= 0.6 is 0 Å². The van der Waals surface area contributed by atoms with Crippen molar-refractivity contribution in [1.82, 2.24) is 0 Å². The molecule has 2 aromatic rings. The van der Waals surface area contributed by atoms with E-state index in [4.69, 9.17) is 9.47 Å². The fourth-order valence-electron chi connectivity index (χ4n) is 6.31. The second kappa shape index (κ2) is 9.52. The summed E-state index contributed by atoms with van der Waals surface area (Å²) < 4.78 is 11.6. The van der Waals surface area contributed by atoms with Crippen molar-refractivity contribution < 1.29 is 19.4 Å². The maximum atomic E-state index is 12.0. The number of esters is 1. The summed E-state index contributed by atoms with van der Waals surface area (Å²) in [5.41, 5.74) is 4.22. The summed E-state index contributed by atoms with van der Waals surface area (Å²) in [5.74, 6) is 0.311. The van der Waals surface area contributed by atoms with Gasteiger partial charge < -0.3 is 14.6 Å². The number of rotatable bonds is 6. The summed E-state index contributed by atoms with van der Waals surface area (Å²) in [6.07, 6.45) is 0.941. The van der Waals surface area contributed by atoms with Crippen LogP contribution in [-0.2, 0) is 15.6 Å². The number of fused-ring (bicyclic) bond motifs is 1. The predicted molar refractivity (Wildman–Crippen MR) is 147 cm³/mol. The van der Waals surface area contributed by atoms with Gasteiger partial charge in [0.1, 0.15) is 11.5 Å². The van der Waals surface area contributed by atoms with E-state index in [-0.39, 0.29) is 27.6 Å². The molecule has 4 heteroatoms. The SMILES string of the molecule is CC(=O)Oc1ccc(C(C)(C)CC(C)(C)C)cc1C1c2cc(C(C)(C)CC(C)(C)C)ccc2OC1O. The van der Waals surface area contributed by atoms with Crippen LogP contribution in [0.2, 0.25) is 0 Å². The molecule has 1 N–H and O–H groups in total. The molecule has 1 aliphatic heterocycles. The third-order valence-corrected chi connectivity index (χ3v) is 6.98. The van der Waals surface area contributed by atoms with Crippen molar-refractivity contribution in [3.05, 3.63) is 58.7 Å². The summed E-state index contributed by atoms with van der Waals surface area (Å²) >= 11 is 0. The second-order valence-electron chi connectivity index (χ2n) is 14.3. The molecule has 36 heavy (non-hydrogen) atoms. The van der Waals surface area contributed by atoms with Gasteiger partial charge in [0.25, 0.3) is 0 Å². The Morgan fingerprint density at radius 1 is 0.806 bits per heavy atom. The van der Waals surface area contributed by atoms with Crippen LogP contribution in [0.4, 0.5) is 0 Å². The molecule has 198 valence electrons. The van der Waals surface area contributed by atoms with Crippen molar-refractivity contribution >= 4 is 5.97 Å². The van der Waals surface area contributed by atoms with Gasteiger partial charge in [-0.15, -0.1) is 0 Å². The van der Waals surface area contributed by atoms with Gasteiger partial charge in [0.15, 0.2) is 0 Å². The summed E-state index contributed by atoms with van der Waals surface area (Å²) in [4.78, 5) is 12.0. The monoisotopic (exact) mass is 494 g/mol. The van der Waals surface area contributed by atoms with Gasteiger partial charge in [0.2, 0.25) is 6.29 Å². The lowest BCUT2D eigenvalue weighted by atomic mass is 9.71. The fraction of sp³-hybridized carbons (Fsp3) is 0.594. The minimum Gasteiger partial charge on any atom is -0.464 e. The van der Waals surface area contributed by atoms with E-state index in [1.807, 2.05) is 18.2 Å². The molecule has 0 amide bonds. The van der Waals surface area contributed by atoms with Crippen molar-refractivity contribution in [2.75, 3.05) is 0 Å². The van der Waals surface area contributed by atoms with Crippen molar-refractivity contribution in [3.8, 4) is 11.5 Å². The molecule has 1 aliphatic rings. The maximum absolute atomic E-state index is 12.0. The van der Waals surface area contributed by atoms with Crippen molar-refractivity contribution in [2.45, 2.75) is 112 Å². The van der Waals surface area contributed by atoms with E-state index in [0.29, 0.717) is 11.5 Å². The summed E-state index contributed by atoms with van der Waals surface area (Å²) in [6.45, 7) is 23.9. The highest BCUT2D eigenvalue weighted by Gasteiger charge is 2.39. The number of carbonyl (C=O) groups excluding carboxylic acids is 1. The molecular formula is C32H46O4. The van der Waals surface area contributed by atoms with Gasteiger partial charge >= 0.3 is 5.97 Å². The smallest absolute Gasteiger partial charge is 0.308 e. The lowest BCUT2D eigenvalue weighted by Crippen LogP contribution is -2.26. The Bertz CT molecular complexity index is 1110. The van der Waals surface area contributed by atoms with Crippen molar-refractivity contribution in [2.24, 2.45) is 10.8 Å². The zero-order valence-electron chi connectivity index (χ0n) is 24.2. The van der Waals surface area contributed by atoms with Gasteiger partial charge in [0.05, 0.1) is 5.92 Å². The molecule has 4 nitrogen and oxygen atoms in total. The first-order valence-electron chi connectivity index (χ1n) is 13.1. The number of hydrogen-bond acceptors (Lipinski definition) is 4. The molecule has 2 unspecified atom stereocenters. The van der Waals surface area contributed by atoms with E-state index in [1.165, 1.54) is 12.5 Å². The molecule has 3 rings (SSSR count). The standard InChI is InChI=1S/C32H46O4/c1-20(33)35-25-14-12-21(31(8,9)18-29(2,3)4)16-23(25)27-24-17-22(13-15-26(24)36-28(27)34)32(10,11)19-30(5,6)7/h12-17,27-28,34H,18-19H2,1-11H3. The van der Waals surface area contributed by atoms with E-state index in [0.717, 1.165) is 29.5 Å². The molecular weight excluding hydrogens is 448 g/mol. The Labute approximate surface area is 218 Å². The largest absolute Gasteiger partial charge is 0.464 e. The van der Waals surface area contributed by atoms with E-state index in [9.17, 15) is 9.90 Å². The highest BCUT2D eigenvalue weighted by molar-refractivity contribution is 5.70. The predicted octanol–water partition coefficient (Wildman–Crippen LogP) is 7.88. The van der Waals surface area contributed by atoms with Crippen LogP contribution in [-0.4, -0.2) is 17.4 Å². The Morgan fingerprint density at radius 2 is 1.28 bits per heavy atom. The average molecular weight is 495 g/mol. The van der Waals surface area contributed by atoms with Crippen LogP contribution in [0.15, 0.2) is 36.4 Å². The van der Waals surface area contributed by atoms with Crippen LogP contribution in [0.5, 0.6) is 11.5 Å². The van der Waals surface area contributed by atoms with Gasteiger partial charge in [-0.2, -0.15) is 0 Å². The summed E-state index contributed by atoms with van der Waals surface area (Å²) in [6, 6.07) is 12.3. The number of ether oxygens (including phenoxy) is 2. The zero-order valence-corrected chi connectivity index (χ0v) is 24.2. The third kappa shape index (κ3) is 6.51. The molecule has 1 heterocycles. The average Bonchev–Trinajstić information content (AvgIpc) is 2.99. The van der Waals surface area contributed by atoms with E-state index in [2.05, 4.69) is 87.4 Å². The highest BCUT2D eigenvalue weighted by Crippen LogP contribution is 2.48. The fourth-order valence-corrected chi connectivity index (χ4v) is 6.31. The number of carbonyl (C=O) groups is 1. The van der Waals surface area contributed by atoms with Crippen LogP contribution in [0.3, 0.4) is 0 Å². The first-order valence-corrected chi connectivity index (χ1v) is 13.1. The van der Waals surface area contributed by atoms with E-state index in [1.54, 1.807) is 0 Å². The molecule has 0 fully saturated rings. The van der Waals surface area contributed by atoms with E-state index >= 15 is 0 Å². The van der Waals surface area contributed by atoms with Crippen LogP contribution in [0.25, 0.3) is 0 Å². The molecule has 0 aliphatic carbocycles. The second-order valence-corrected chi connectivity index (χ2v) is 14.3. The molecule has 0 aromatic heterocycles. The maximum Gasteiger partial charge on any atom is 0.308 e. The first kappa shape index (κ1) is 28.2. The van der Waals surface area contributed by atoms with Gasteiger partial charge in [-0.05, 0) is 57.8 Å². The lowest BCUT2D eigenvalue weighted by molar-refractivity contribution is -0.132. The Hall–Kier alpha value is -2.33. The minimum atomic E-state index is -1.06. The lowest BCUT2D eigenvalue weighted by Gasteiger charge is -2.34. The summed E-state index contributed by atoms with van der Waals surface area (Å²) in [7, 11) is 0. The van der Waals surface area contributed by atoms with Crippen LogP contribution in [0, 0.1) is 10.8 Å². The van der Waals surface area contributed by atoms with Crippen LogP contribution in [0.1, 0.15) is 117 Å². The normalized spacial score (nSPS) is 18.6. The molecule has 0 saturated heterocycles. The van der Waals surface area contributed by atoms with Gasteiger partial charge in [-0.3, -0.25) is 4.79 Å². The number of aliphatic hydroxyl groups excluding tert-OH is 1. The molecule has 0 spiro atoms. The molecule has 2 aromatic carbocycles. The molecule has 0 saturated carbocycles. The Balaban J connectivity index is 2.15. The third-order valence-electron chi connectivity index (χ3n) is 6.98. The van der Waals surface area contributed by atoms with Gasteiger partial charge in [-0.1, -0.05) is 93.5 Å². The summed E-state index contributed by atoms with van der Waals surface area (Å²) in [5, 5.41) is 11.1. The van der Waals surface area contributed by atoms with Crippen LogP contribution < -0.4 is 9.47 Å². The number of hydrogen-bond donors (Lipinski definition) is 1. The van der Waals surface area contributed by atoms with Crippen molar-refractivity contribution in [1.29, 1.82) is 0 Å². The minimum absolute atomic E-state index is 0.0549. The molecule has 0 radical (unpaired) electrons. The van der Waals surface area contributed by atoms with E-state index < -0.39 is 12.2 Å². The molecule has 0 bridgehead atoms. The number of benzene rings is 2. The Morgan fingerprint density at radius 3 is 1.75 bits per heavy atom. The zero-order chi connectivity index (χ0) is 27.3. The Kier molecular flexibility index (Phi) is 7.47. The quantitative estimate of drug-likeness (QED) is 0.328. The highest BCUT2D eigenvalue weighted by atomic mass is 16.6. The van der Waals surface area contributed by atoms with Crippen molar-refractivity contribution in [3.63, 3.8) is 0 Å². The molecule has 2 atom stereocenters. The number of aliphatic hydroxyl groups is 1. The van der Waals surface area contributed by atoms with Gasteiger partial charge in [0, 0.05) is 18.1 Å². The van der Waals surface area contributed by atoms with Gasteiger partial charge in [-0.25, -0.2) is 0 Å².